The number of aromatic nitrogens is 1. The molecule has 3 rings (SSSR count). The minimum Gasteiger partial charge on any atom is -0.321 e. The summed E-state index contributed by atoms with van der Waals surface area (Å²) in [6, 6.07) is 14.7. The van der Waals surface area contributed by atoms with Crippen molar-refractivity contribution in [2.24, 2.45) is 0 Å². The van der Waals surface area contributed by atoms with Crippen molar-refractivity contribution in [1.82, 2.24) is 4.57 Å². The number of alkyl halides is 3. The first-order chi connectivity index (χ1) is 14.7. The highest BCUT2D eigenvalue weighted by Crippen LogP contribution is 2.30. The molecule has 0 aliphatic carbocycles. The molecule has 0 atom stereocenters. The summed E-state index contributed by atoms with van der Waals surface area (Å²) >= 11 is 0. The topological polar surface area (TPSA) is 101 Å². The number of hydrogen-bond acceptors (Lipinski definition) is 4. The van der Waals surface area contributed by atoms with E-state index in [0.717, 1.165) is 18.2 Å². The van der Waals surface area contributed by atoms with Crippen LogP contribution in [-0.4, -0.2) is 15.4 Å². The Morgan fingerprint density at radius 1 is 1.13 bits per heavy atom. The monoisotopic (exact) mass is 426 g/mol. The maximum atomic E-state index is 12.8. The largest absolute Gasteiger partial charge is 0.416 e. The van der Waals surface area contributed by atoms with Gasteiger partial charge in [0.25, 0.3) is 11.6 Å². The van der Waals surface area contributed by atoms with Gasteiger partial charge in [-0.1, -0.05) is 6.07 Å². The number of nitro groups is 1. The molecular weight excluding hydrogens is 413 g/mol. The first-order valence-electron chi connectivity index (χ1n) is 8.71. The van der Waals surface area contributed by atoms with Gasteiger partial charge < -0.3 is 9.88 Å². The second-order valence-corrected chi connectivity index (χ2v) is 6.28. The number of halogens is 3. The van der Waals surface area contributed by atoms with Gasteiger partial charge in [-0.2, -0.15) is 18.4 Å². The molecule has 10 heteroatoms. The van der Waals surface area contributed by atoms with Crippen LogP contribution >= 0.6 is 0 Å². The maximum Gasteiger partial charge on any atom is 0.416 e. The maximum absolute atomic E-state index is 12.8. The molecule has 0 fully saturated rings. The highest BCUT2D eigenvalue weighted by Gasteiger charge is 2.30. The Morgan fingerprint density at radius 3 is 2.45 bits per heavy atom. The zero-order chi connectivity index (χ0) is 22.6. The third-order valence-electron chi connectivity index (χ3n) is 4.22. The predicted molar refractivity (Wildman–Crippen MR) is 106 cm³/mol. The minimum atomic E-state index is -4.57. The van der Waals surface area contributed by atoms with Gasteiger partial charge in [0.1, 0.15) is 11.6 Å². The normalized spacial score (nSPS) is 11.6. The van der Waals surface area contributed by atoms with Crippen LogP contribution in [0.25, 0.3) is 11.8 Å². The van der Waals surface area contributed by atoms with Crippen LogP contribution in [0.5, 0.6) is 0 Å². The summed E-state index contributed by atoms with van der Waals surface area (Å²) in [6.45, 7) is 0. The second kappa shape index (κ2) is 8.54. The number of amides is 1. The van der Waals surface area contributed by atoms with Crippen LogP contribution in [-0.2, 0) is 11.0 Å². The molecule has 0 saturated carbocycles. The number of nitriles is 1. The number of nitrogens with one attached hydrogen (secondary N) is 1. The Balaban J connectivity index is 1.86. The van der Waals surface area contributed by atoms with Gasteiger partial charge in [-0.05, 0) is 48.5 Å². The molecule has 1 aromatic heterocycles. The molecule has 156 valence electrons. The lowest BCUT2D eigenvalue weighted by atomic mass is 10.1. The average molecular weight is 426 g/mol. The van der Waals surface area contributed by atoms with E-state index in [1.807, 2.05) is 0 Å². The summed E-state index contributed by atoms with van der Waals surface area (Å²) in [5.41, 5.74) is -0.487. The Hall–Kier alpha value is -4.39. The van der Waals surface area contributed by atoms with E-state index < -0.39 is 22.6 Å². The number of anilines is 1. The van der Waals surface area contributed by atoms with Gasteiger partial charge in [0.2, 0.25) is 0 Å². The smallest absolute Gasteiger partial charge is 0.321 e. The molecule has 3 aromatic rings. The average Bonchev–Trinajstić information content (AvgIpc) is 3.19. The Kier molecular flexibility index (Phi) is 5.88. The summed E-state index contributed by atoms with van der Waals surface area (Å²) in [7, 11) is 0. The van der Waals surface area contributed by atoms with E-state index in [2.05, 4.69) is 5.32 Å². The van der Waals surface area contributed by atoms with Gasteiger partial charge in [0, 0.05) is 35.4 Å². The molecule has 0 radical (unpaired) electrons. The van der Waals surface area contributed by atoms with Crippen LogP contribution in [0, 0.1) is 21.4 Å². The van der Waals surface area contributed by atoms with Crippen molar-refractivity contribution in [3.63, 3.8) is 0 Å². The third-order valence-corrected chi connectivity index (χ3v) is 4.22. The van der Waals surface area contributed by atoms with Crippen LogP contribution < -0.4 is 5.32 Å². The molecule has 2 aromatic carbocycles. The van der Waals surface area contributed by atoms with Gasteiger partial charge in [-0.25, -0.2) is 0 Å². The molecule has 0 aliphatic heterocycles. The lowest BCUT2D eigenvalue weighted by Gasteiger charge is -2.10. The van der Waals surface area contributed by atoms with E-state index in [-0.39, 0.29) is 16.9 Å². The van der Waals surface area contributed by atoms with Crippen molar-refractivity contribution in [3.8, 4) is 11.8 Å². The zero-order valence-corrected chi connectivity index (χ0v) is 15.6. The number of benzene rings is 2. The first kappa shape index (κ1) is 21.3. The molecule has 1 heterocycles. The van der Waals surface area contributed by atoms with Crippen molar-refractivity contribution < 1.29 is 22.9 Å². The van der Waals surface area contributed by atoms with Gasteiger partial charge in [-0.3, -0.25) is 14.9 Å². The third kappa shape index (κ3) is 4.97. The van der Waals surface area contributed by atoms with Crippen LogP contribution in [0.1, 0.15) is 11.3 Å². The number of nitrogens with zero attached hydrogens (tertiary/aromatic N) is 3. The van der Waals surface area contributed by atoms with Gasteiger partial charge in [0.05, 0.1) is 10.5 Å². The standard InChI is InChI=1S/C21H13F3N4O3/c22-21(23,24)15-3-1-4-16(12-15)26-20(29)14(13-25)11-19-5-2-10-27(19)17-6-8-18(9-7-17)28(30)31/h1-12H,(H,26,29). The van der Waals surface area contributed by atoms with Crippen molar-refractivity contribution in [2.45, 2.75) is 6.18 Å². The highest BCUT2D eigenvalue weighted by molar-refractivity contribution is 6.09. The summed E-state index contributed by atoms with van der Waals surface area (Å²) in [5, 5.41) is 22.5. The quantitative estimate of drug-likeness (QED) is 0.270. The van der Waals surface area contributed by atoms with Crippen LogP contribution in [0.4, 0.5) is 24.5 Å². The van der Waals surface area contributed by atoms with E-state index in [1.54, 1.807) is 29.0 Å². The van der Waals surface area contributed by atoms with E-state index in [9.17, 15) is 33.3 Å². The second-order valence-electron chi connectivity index (χ2n) is 6.28. The fraction of sp³-hybridized carbons (Fsp3) is 0.0476. The van der Waals surface area contributed by atoms with Crippen molar-refractivity contribution >= 4 is 23.4 Å². The molecule has 1 amide bonds. The van der Waals surface area contributed by atoms with Crippen molar-refractivity contribution in [2.75, 3.05) is 5.32 Å². The molecule has 0 saturated heterocycles. The van der Waals surface area contributed by atoms with Crippen molar-refractivity contribution in [1.29, 1.82) is 5.26 Å². The molecule has 0 spiro atoms. The lowest BCUT2D eigenvalue weighted by molar-refractivity contribution is -0.384. The Labute approximate surface area is 173 Å². The number of carbonyl (C=O) groups is 1. The molecule has 1 N–H and O–H groups in total. The summed E-state index contributed by atoms with van der Waals surface area (Å²) in [4.78, 5) is 22.7. The number of carbonyl (C=O) groups excluding carboxylic acids is 1. The number of nitro benzene ring substituents is 1. The Bertz CT molecular complexity index is 1210. The SMILES string of the molecule is N#CC(=Cc1cccn1-c1ccc([N+](=O)[O-])cc1)C(=O)Nc1cccc(C(F)(F)F)c1. The van der Waals surface area contributed by atoms with Crippen LogP contribution in [0.2, 0.25) is 0 Å². The van der Waals surface area contributed by atoms with Crippen LogP contribution in [0.15, 0.2) is 72.4 Å². The molecule has 7 nitrogen and oxygen atoms in total. The van der Waals surface area contributed by atoms with Gasteiger partial charge >= 0.3 is 6.18 Å². The fourth-order valence-electron chi connectivity index (χ4n) is 2.75. The molecular formula is C21H13F3N4O3. The number of rotatable bonds is 5. The van der Waals surface area contributed by atoms with E-state index in [0.29, 0.717) is 11.4 Å². The van der Waals surface area contributed by atoms with E-state index in [4.69, 9.17) is 0 Å². The van der Waals surface area contributed by atoms with Crippen LogP contribution in [0.3, 0.4) is 0 Å². The van der Waals surface area contributed by atoms with Gasteiger partial charge in [0.15, 0.2) is 0 Å². The molecule has 0 bridgehead atoms. The Morgan fingerprint density at radius 2 is 1.84 bits per heavy atom. The predicted octanol–water partition coefficient (Wildman–Crippen LogP) is 4.95. The summed E-state index contributed by atoms with van der Waals surface area (Å²) < 4.78 is 40.1. The van der Waals surface area contributed by atoms with Crippen molar-refractivity contribution in [3.05, 3.63) is 93.8 Å². The van der Waals surface area contributed by atoms with E-state index in [1.165, 1.54) is 36.4 Å². The molecule has 0 unspecified atom stereocenters. The van der Waals surface area contributed by atoms with Gasteiger partial charge in [-0.15, -0.1) is 0 Å². The number of hydrogen-bond donors (Lipinski definition) is 1. The zero-order valence-electron chi connectivity index (χ0n) is 15.6. The highest BCUT2D eigenvalue weighted by atomic mass is 19.4. The van der Waals surface area contributed by atoms with E-state index >= 15 is 0 Å². The summed E-state index contributed by atoms with van der Waals surface area (Å²) in [5.74, 6) is -0.877. The molecule has 0 aliphatic rings. The summed E-state index contributed by atoms with van der Waals surface area (Å²) in [6.07, 6.45) is -1.67. The first-order valence-corrected chi connectivity index (χ1v) is 8.71. The molecule has 31 heavy (non-hydrogen) atoms. The fourth-order valence-corrected chi connectivity index (χ4v) is 2.75. The lowest BCUT2D eigenvalue weighted by Crippen LogP contribution is -2.14. The number of non-ortho nitro benzene ring substituents is 1. The minimum absolute atomic E-state index is 0.0915.